The predicted octanol–water partition coefficient (Wildman–Crippen LogP) is 2.74. The van der Waals surface area contributed by atoms with Gasteiger partial charge in [-0.05, 0) is 30.2 Å². The van der Waals surface area contributed by atoms with E-state index in [2.05, 4.69) is 21.2 Å². The van der Waals surface area contributed by atoms with E-state index in [1.807, 2.05) is 38.1 Å². The second-order valence-corrected chi connectivity index (χ2v) is 5.42. The highest BCUT2D eigenvalue weighted by atomic mass is 79.9. The number of carbonyl (C=O) groups is 1. The van der Waals surface area contributed by atoms with E-state index in [0.717, 1.165) is 16.6 Å². The van der Waals surface area contributed by atoms with E-state index in [0.29, 0.717) is 13.2 Å². The minimum Gasteiger partial charge on any atom is -0.492 e. The van der Waals surface area contributed by atoms with Gasteiger partial charge in [0.15, 0.2) is 0 Å². The quantitative estimate of drug-likeness (QED) is 0.730. The van der Waals surface area contributed by atoms with Crippen molar-refractivity contribution in [2.24, 2.45) is 11.7 Å². The molecule has 0 saturated heterocycles. The molecule has 4 nitrogen and oxygen atoms in total. The molecule has 114 valence electrons. The maximum absolute atomic E-state index is 11.7. The largest absolute Gasteiger partial charge is 0.492 e. The van der Waals surface area contributed by atoms with Crippen molar-refractivity contribution in [3.8, 4) is 5.75 Å². The summed E-state index contributed by atoms with van der Waals surface area (Å²) in [5.41, 5.74) is 5.82. The molecular formula is C14H22BrClN2O2. The van der Waals surface area contributed by atoms with Crippen LogP contribution in [0.2, 0.25) is 0 Å². The molecule has 20 heavy (non-hydrogen) atoms. The molecule has 1 aromatic rings. The van der Waals surface area contributed by atoms with Crippen LogP contribution in [0.1, 0.15) is 20.3 Å². The molecule has 0 fully saturated rings. The Hall–Kier alpha value is -0.780. The van der Waals surface area contributed by atoms with Gasteiger partial charge >= 0.3 is 0 Å². The van der Waals surface area contributed by atoms with E-state index < -0.39 is 6.04 Å². The normalized spacial score (nSPS) is 13.0. The van der Waals surface area contributed by atoms with Gasteiger partial charge < -0.3 is 15.8 Å². The molecule has 1 amide bonds. The summed E-state index contributed by atoms with van der Waals surface area (Å²) in [5.74, 6) is 0.852. The Morgan fingerprint density at radius 2 is 2.00 bits per heavy atom. The molecule has 3 N–H and O–H groups in total. The number of amides is 1. The average Bonchev–Trinajstić information content (AvgIpc) is 2.43. The van der Waals surface area contributed by atoms with Crippen LogP contribution in [-0.2, 0) is 4.79 Å². The first-order chi connectivity index (χ1) is 9.04. The zero-order valence-electron chi connectivity index (χ0n) is 11.8. The Kier molecular flexibility index (Phi) is 9.63. The lowest BCUT2D eigenvalue weighted by molar-refractivity contribution is -0.123. The van der Waals surface area contributed by atoms with Crippen molar-refractivity contribution in [2.75, 3.05) is 13.2 Å². The Morgan fingerprint density at radius 3 is 2.55 bits per heavy atom. The summed E-state index contributed by atoms with van der Waals surface area (Å²) >= 11 is 3.36. The van der Waals surface area contributed by atoms with E-state index in [1.165, 1.54) is 0 Å². The van der Waals surface area contributed by atoms with Crippen molar-refractivity contribution in [3.05, 3.63) is 28.7 Å². The van der Waals surface area contributed by atoms with Gasteiger partial charge in [-0.25, -0.2) is 0 Å². The molecule has 0 aliphatic heterocycles. The zero-order valence-corrected chi connectivity index (χ0v) is 14.2. The number of nitrogens with one attached hydrogen (secondary N) is 1. The number of hydrogen-bond acceptors (Lipinski definition) is 3. The molecule has 0 aliphatic carbocycles. The number of carbonyl (C=O) groups excluding carboxylic acids is 1. The molecule has 0 heterocycles. The Labute approximate surface area is 135 Å². The van der Waals surface area contributed by atoms with Gasteiger partial charge in [-0.15, -0.1) is 12.4 Å². The van der Waals surface area contributed by atoms with Gasteiger partial charge in [0.05, 0.1) is 12.6 Å². The van der Waals surface area contributed by atoms with Crippen molar-refractivity contribution < 1.29 is 9.53 Å². The summed E-state index contributed by atoms with van der Waals surface area (Å²) < 4.78 is 6.51. The third-order valence-corrected chi connectivity index (χ3v) is 3.57. The summed E-state index contributed by atoms with van der Waals surface area (Å²) in [4.78, 5) is 11.7. The Bertz CT molecular complexity index is 401. The molecule has 0 bridgehead atoms. The number of hydrogen-bond donors (Lipinski definition) is 2. The molecule has 0 saturated carbocycles. The van der Waals surface area contributed by atoms with Gasteiger partial charge in [0.2, 0.25) is 5.91 Å². The van der Waals surface area contributed by atoms with E-state index in [4.69, 9.17) is 10.5 Å². The van der Waals surface area contributed by atoms with Crippen LogP contribution in [0.15, 0.2) is 28.7 Å². The first-order valence-corrected chi connectivity index (χ1v) is 7.25. The predicted molar refractivity (Wildman–Crippen MR) is 87.3 cm³/mol. The molecule has 0 radical (unpaired) electrons. The lowest BCUT2D eigenvalue weighted by Crippen LogP contribution is -2.45. The van der Waals surface area contributed by atoms with Crippen LogP contribution < -0.4 is 15.8 Å². The van der Waals surface area contributed by atoms with Crippen molar-refractivity contribution in [1.29, 1.82) is 0 Å². The van der Waals surface area contributed by atoms with Crippen LogP contribution in [-0.4, -0.2) is 25.1 Å². The van der Waals surface area contributed by atoms with Crippen LogP contribution in [0.5, 0.6) is 5.75 Å². The van der Waals surface area contributed by atoms with Gasteiger partial charge in [0.25, 0.3) is 0 Å². The maximum Gasteiger partial charge on any atom is 0.237 e. The smallest absolute Gasteiger partial charge is 0.237 e. The number of benzene rings is 1. The summed E-state index contributed by atoms with van der Waals surface area (Å²) in [7, 11) is 0. The molecular weight excluding hydrogens is 344 g/mol. The first-order valence-electron chi connectivity index (χ1n) is 6.46. The van der Waals surface area contributed by atoms with Crippen LogP contribution in [0.3, 0.4) is 0 Å². The van der Waals surface area contributed by atoms with Crippen molar-refractivity contribution in [2.45, 2.75) is 26.3 Å². The lowest BCUT2D eigenvalue weighted by atomic mass is 9.99. The summed E-state index contributed by atoms with van der Waals surface area (Å²) in [6, 6.07) is 7.12. The van der Waals surface area contributed by atoms with E-state index in [1.54, 1.807) is 0 Å². The van der Waals surface area contributed by atoms with Gasteiger partial charge in [-0.3, -0.25) is 4.79 Å². The molecule has 0 spiro atoms. The fourth-order valence-corrected chi connectivity index (χ4v) is 1.77. The molecule has 6 heteroatoms. The summed E-state index contributed by atoms with van der Waals surface area (Å²) in [5, 5.41) is 2.78. The number of rotatable bonds is 7. The van der Waals surface area contributed by atoms with Crippen LogP contribution in [0, 0.1) is 5.92 Å². The summed E-state index contributed by atoms with van der Waals surface area (Å²) in [6.45, 7) is 4.89. The lowest BCUT2D eigenvalue weighted by Gasteiger charge is -2.17. The third kappa shape index (κ3) is 6.59. The summed E-state index contributed by atoms with van der Waals surface area (Å²) in [6.07, 6.45) is 0.893. The Morgan fingerprint density at radius 1 is 1.40 bits per heavy atom. The average molecular weight is 366 g/mol. The molecule has 0 aliphatic rings. The minimum absolute atomic E-state index is 0. The second-order valence-electron chi connectivity index (χ2n) is 4.50. The third-order valence-electron chi connectivity index (χ3n) is 3.04. The van der Waals surface area contributed by atoms with E-state index in [-0.39, 0.29) is 24.2 Å². The first kappa shape index (κ1) is 19.2. The van der Waals surface area contributed by atoms with Gasteiger partial charge in [0, 0.05) is 4.47 Å². The highest BCUT2D eigenvalue weighted by Gasteiger charge is 2.18. The van der Waals surface area contributed by atoms with Crippen LogP contribution in [0.4, 0.5) is 0 Å². The fourth-order valence-electron chi connectivity index (χ4n) is 1.50. The van der Waals surface area contributed by atoms with Crippen molar-refractivity contribution in [3.63, 3.8) is 0 Å². The van der Waals surface area contributed by atoms with Crippen LogP contribution in [0.25, 0.3) is 0 Å². The molecule has 2 atom stereocenters. The molecule has 1 rings (SSSR count). The number of nitrogens with two attached hydrogens (primary N) is 1. The molecule has 2 unspecified atom stereocenters. The molecule has 1 aromatic carbocycles. The monoisotopic (exact) mass is 364 g/mol. The van der Waals surface area contributed by atoms with Crippen molar-refractivity contribution >= 4 is 34.2 Å². The second kappa shape index (κ2) is 10.0. The maximum atomic E-state index is 11.7. The van der Waals surface area contributed by atoms with Crippen molar-refractivity contribution in [1.82, 2.24) is 5.32 Å². The van der Waals surface area contributed by atoms with E-state index >= 15 is 0 Å². The highest BCUT2D eigenvalue weighted by Crippen LogP contribution is 2.15. The van der Waals surface area contributed by atoms with E-state index in [9.17, 15) is 4.79 Å². The minimum atomic E-state index is -0.447. The highest BCUT2D eigenvalue weighted by molar-refractivity contribution is 9.10. The van der Waals surface area contributed by atoms with Gasteiger partial charge in [0.1, 0.15) is 12.4 Å². The number of ether oxygens (including phenoxy) is 1. The zero-order chi connectivity index (χ0) is 14.3. The van der Waals surface area contributed by atoms with Crippen LogP contribution >= 0.6 is 28.3 Å². The van der Waals surface area contributed by atoms with Gasteiger partial charge in [-0.1, -0.05) is 36.2 Å². The van der Waals surface area contributed by atoms with Gasteiger partial charge in [-0.2, -0.15) is 0 Å². The standard InChI is InChI=1S/C14H21BrN2O2.ClH/c1-3-10(2)13(16)14(18)17-8-9-19-12-6-4-11(15)5-7-12;/h4-7,10,13H,3,8-9,16H2,1-2H3,(H,17,18);1H. The molecule has 0 aromatic heterocycles. The SMILES string of the molecule is CCC(C)C(N)C(=O)NCCOc1ccc(Br)cc1.Cl. The fraction of sp³-hybridized carbons (Fsp3) is 0.500. The topological polar surface area (TPSA) is 64.4 Å². The Balaban J connectivity index is 0.00000361. The number of halogens is 2.